The molecule has 0 unspecified atom stereocenters. The second-order valence-corrected chi connectivity index (χ2v) is 7.21. The van der Waals surface area contributed by atoms with Gasteiger partial charge in [-0.3, -0.25) is 0 Å². The molecule has 0 heterocycles. The molecule has 2 rings (SSSR count). The predicted molar refractivity (Wildman–Crippen MR) is 75.3 cm³/mol. The van der Waals surface area contributed by atoms with E-state index in [0.29, 0.717) is 5.56 Å². The van der Waals surface area contributed by atoms with Gasteiger partial charge < -0.3 is 5.11 Å². The molecule has 20 heavy (non-hydrogen) atoms. The number of rotatable bonds is 4. The molecule has 1 aromatic carbocycles. The molecule has 1 saturated carbocycles. The molecule has 0 bridgehead atoms. The zero-order valence-electron chi connectivity index (χ0n) is 11.7. The molecule has 1 aliphatic carbocycles. The Morgan fingerprint density at radius 1 is 1.30 bits per heavy atom. The van der Waals surface area contributed by atoms with Crippen molar-refractivity contribution in [3.05, 3.63) is 29.3 Å². The average molecular weight is 297 g/mol. The van der Waals surface area contributed by atoms with Gasteiger partial charge in [-0.15, -0.1) is 0 Å². The lowest BCUT2D eigenvalue weighted by atomic mass is 10.1. The Hall–Kier alpha value is -1.40. The monoisotopic (exact) mass is 297 g/mol. The maximum atomic E-state index is 12.6. The lowest BCUT2D eigenvalue weighted by Crippen LogP contribution is -2.35. The normalized spacial score (nSPS) is 16.8. The van der Waals surface area contributed by atoms with Crippen LogP contribution in [0.2, 0.25) is 0 Å². The Morgan fingerprint density at radius 3 is 2.45 bits per heavy atom. The van der Waals surface area contributed by atoms with Gasteiger partial charge in [-0.25, -0.2) is 13.2 Å². The van der Waals surface area contributed by atoms with Crippen molar-refractivity contribution in [2.24, 2.45) is 0 Å². The molecule has 1 aliphatic rings. The van der Waals surface area contributed by atoms with Crippen molar-refractivity contribution >= 4 is 16.0 Å². The summed E-state index contributed by atoms with van der Waals surface area (Å²) in [6.07, 6.45) is 3.82. The fourth-order valence-electron chi connectivity index (χ4n) is 2.63. The molecule has 0 amide bonds. The van der Waals surface area contributed by atoms with Crippen LogP contribution < -0.4 is 0 Å². The van der Waals surface area contributed by atoms with E-state index in [9.17, 15) is 13.2 Å². The van der Waals surface area contributed by atoms with Crippen molar-refractivity contribution in [1.29, 1.82) is 0 Å². The van der Waals surface area contributed by atoms with Gasteiger partial charge in [0.2, 0.25) is 10.0 Å². The molecule has 1 aromatic rings. The highest BCUT2D eigenvalue weighted by Crippen LogP contribution is 2.28. The first-order valence-electron chi connectivity index (χ1n) is 6.66. The minimum Gasteiger partial charge on any atom is -0.478 e. The van der Waals surface area contributed by atoms with Crippen LogP contribution in [0.3, 0.4) is 0 Å². The van der Waals surface area contributed by atoms with Crippen LogP contribution in [0.4, 0.5) is 0 Å². The number of sulfonamides is 1. The molecule has 0 aliphatic heterocycles. The third-order valence-electron chi connectivity index (χ3n) is 3.93. The molecule has 110 valence electrons. The molecule has 0 spiro atoms. The third-order valence-corrected chi connectivity index (χ3v) is 5.98. The summed E-state index contributed by atoms with van der Waals surface area (Å²) in [6, 6.07) is 4.23. The molecule has 6 heteroatoms. The maximum absolute atomic E-state index is 12.6. The molecule has 5 nitrogen and oxygen atoms in total. The van der Waals surface area contributed by atoms with E-state index in [1.54, 1.807) is 20.0 Å². The molecule has 0 radical (unpaired) electrons. The van der Waals surface area contributed by atoms with Gasteiger partial charge in [0.05, 0.1) is 10.5 Å². The fraction of sp³-hybridized carbons (Fsp3) is 0.500. The lowest BCUT2D eigenvalue weighted by molar-refractivity contribution is 0.0696. The maximum Gasteiger partial charge on any atom is 0.335 e. The Bertz CT molecular complexity index is 618. The van der Waals surface area contributed by atoms with Crippen LogP contribution in [0.25, 0.3) is 0 Å². The molecule has 1 fully saturated rings. The first-order valence-corrected chi connectivity index (χ1v) is 8.10. The Morgan fingerprint density at radius 2 is 1.90 bits per heavy atom. The van der Waals surface area contributed by atoms with Gasteiger partial charge in [-0.2, -0.15) is 4.31 Å². The van der Waals surface area contributed by atoms with E-state index in [0.717, 1.165) is 25.7 Å². The summed E-state index contributed by atoms with van der Waals surface area (Å²) in [7, 11) is -2.06. The van der Waals surface area contributed by atoms with Crippen molar-refractivity contribution in [2.45, 2.75) is 43.5 Å². The number of aromatic carboxylic acids is 1. The second-order valence-electron chi connectivity index (χ2n) is 5.24. The van der Waals surface area contributed by atoms with Crippen LogP contribution in [0, 0.1) is 6.92 Å². The molecular formula is C14H19NO4S. The van der Waals surface area contributed by atoms with Crippen molar-refractivity contribution < 1.29 is 18.3 Å². The first-order chi connectivity index (χ1) is 9.34. The van der Waals surface area contributed by atoms with Crippen LogP contribution in [0.5, 0.6) is 0 Å². The van der Waals surface area contributed by atoms with Crippen LogP contribution in [0.1, 0.15) is 41.6 Å². The highest BCUT2D eigenvalue weighted by atomic mass is 32.2. The number of benzene rings is 1. The van der Waals surface area contributed by atoms with Gasteiger partial charge in [0, 0.05) is 13.1 Å². The number of nitrogens with zero attached hydrogens (tertiary/aromatic N) is 1. The van der Waals surface area contributed by atoms with E-state index in [4.69, 9.17) is 5.11 Å². The summed E-state index contributed by atoms with van der Waals surface area (Å²) < 4.78 is 26.7. The van der Waals surface area contributed by atoms with E-state index >= 15 is 0 Å². The zero-order chi connectivity index (χ0) is 14.9. The summed E-state index contributed by atoms with van der Waals surface area (Å²) in [5.41, 5.74) is 0.564. The van der Waals surface area contributed by atoms with Crippen molar-refractivity contribution in [2.75, 3.05) is 7.05 Å². The van der Waals surface area contributed by atoms with Crippen LogP contribution >= 0.6 is 0 Å². The number of carboxylic acids is 1. The lowest BCUT2D eigenvalue weighted by Gasteiger charge is -2.24. The molecule has 0 saturated heterocycles. The van der Waals surface area contributed by atoms with Gasteiger partial charge >= 0.3 is 5.97 Å². The van der Waals surface area contributed by atoms with E-state index in [1.807, 2.05) is 0 Å². The SMILES string of the molecule is Cc1ccc(C(=O)O)cc1S(=O)(=O)N(C)C1CCCC1. The van der Waals surface area contributed by atoms with E-state index in [-0.39, 0.29) is 16.5 Å². The Labute approximate surface area is 119 Å². The summed E-state index contributed by atoms with van der Waals surface area (Å²) >= 11 is 0. The molecule has 0 atom stereocenters. The Kier molecular flexibility index (Phi) is 4.15. The average Bonchev–Trinajstić information content (AvgIpc) is 2.91. The largest absolute Gasteiger partial charge is 0.478 e. The molecular weight excluding hydrogens is 278 g/mol. The van der Waals surface area contributed by atoms with Gasteiger partial charge in [0.1, 0.15) is 0 Å². The van der Waals surface area contributed by atoms with Crippen LogP contribution in [0.15, 0.2) is 23.1 Å². The van der Waals surface area contributed by atoms with E-state index in [1.165, 1.54) is 16.4 Å². The van der Waals surface area contributed by atoms with Crippen LogP contribution in [-0.2, 0) is 10.0 Å². The minimum atomic E-state index is -3.64. The summed E-state index contributed by atoms with van der Waals surface area (Å²) in [6.45, 7) is 1.68. The topological polar surface area (TPSA) is 74.7 Å². The number of carbonyl (C=O) groups is 1. The fourth-order valence-corrected chi connectivity index (χ4v) is 4.29. The summed E-state index contributed by atoms with van der Waals surface area (Å²) in [4.78, 5) is 11.1. The number of carboxylic acid groups (broad SMARTS) is 1. The first kappa shape index (κ1) is 15.0. The van der Waals surface area contributed by atoms with Gasteiger partial charge in [0.15, 0.2) is 0 Å². The van der Waals surface area contributed by atoms with Gasteiger partial charge in [0.25, 0.3) is 0 Å². The summed E-state index contributed by atoms with van der Waals surface area (Å²) in [5.74, 6) is -1.12. The van der Waals surface area contributed by atoms with Crippen molar-refractivity contribution in [1.82, 2.24) is 4.31 Å². The molecule has 1 N–H and O–H groups in total. The van der Waals surface area contributed by atoms with E-state index < -0.39 is 16.0 Å². The minimum absolute atomic E-state index is 0.00556. The highest BCUT2D eigenvalue weighted by molar-refractivity contribution is 7.89. The van der Waals surface area contributed by atoms with E-state index in [2.05, 4.69) is 0 Å². The predicted octanol–water partition coefficient (Wildman–Crippen LogP) is 2.26. The third kappa shape index (κ3) is 2.71. The number of aryl methyl sites for hydroxylation is 1. The Balaban J connectivity index is 2.42. The van der Waals surface area contributed by atoms with Gasteiger partial charge in [-0.05, 0) is 37.5 Å². The smallest absolute Gasteiger partial charge is 0.335 e. The standard InChI is InChI=1S/C14H19NO4S/c1-10-7-8-11(14(16)17)9-13(10)20(18,19)15(2)12-5-3-4-6-12/h7-9,12H,3-6H2,1-2H3,(H,16,17). The number of hydrogen-bond acceptors (Lipinski definition) is 3. The number of hydrogen-bond donors (Lipinski definition) is 1. The highest BCUT2D eigenvalue weighted by Gasteiger charge is 2.31. The van der Waals surface area contributed by atoms with Crippen molar-refractivity contribution in [3.8, 4) is 0 Å². The molecule has 0 aromatic heterocycles. The second kappa shape index (κ2) is 5.54. The van der Waals surface area contributed by atoms with Gasteiger partial charge in [-0.1, -0.05) is 18.9 Å². The zero-order valence-corrected chi connectivity index (χ0v) is 12.5. The summed E-state index contributed by atoms with van der Waals surface area (Å²) in [5, 5.41) is 9.01. The quantitative estimate of drug-likeness (QED) is 0.925. The van der Waals surface area contributed by atoms with Crippen molar-refractivity contribution in [3.63, 3.8) is 0 Å². The van der Waals surface area contributed by atoms with Crippen LogP contribution in [-0.4, -0.2) is 36.9 Å².